The van der Waals surface area contributed by atoms with Gasteiger partial charge in [-0.2, -0.15) is 5.06 Å². The minimum Gasteiger partial charge on any atom is -0.477 e. The molecule has 0 aromatic rings. The van der Waals surface area contributed by atoms with Crippen LogP contribution in [0.15, 0.2) is 11.6 Å². The van der Waals surface area contributed by atoms with Gasteiger partial charge in [-0.3, -0.25) is 4.79 Å². The van der Waals surface area contributed by atoms with Crippen molar-refractivity contribution in [1.82, 2.24) is 9.96 Å². The number of nitrogens with zero attached hydrogens (tertiary/aromatic N) is 2. The van der Waals surface area contributed by atoms with Crippen LogP contribution in [0.2, 0.25) is 0 Å². The fraction of sp³-hybridized carbons (Fsp3) is 0.500. The molecule has 0 spiro atoms. The number of carboxylic acids is 1. The van der Waals surface area contributed by atoms with E-state index >= 15 is 0 Å². The number of hydrogen-bond acceptors (Lipinski definition) is 4. The average Bonchev–Trinajstić information content (AvgIpc) is 2.60. The summed E-state index contributed by atoms with van der Waals surface area (Å²) in [4.78, 5) is 39.1. The minimum absolute atomic E-state index is 0.0983. The van der Waals surface area contributed by atoms with Crippen molar-refractivity contribution in [2.24, 2.45) is 5.73 Å². The smallest absolute Gasteiger partial charge is 0.368 e. The van der Waals surface area contributed by atoms with E-state index in [1.165, 1.54) is 6.08 Å². The third-order valence-corrected chi connectivity index (χ3v) is 3.06. The second kappa shape index (κ2) is 4.50. The fourth-order valence-electron chi connectivity index (χ4n) is 2.11. The van der Waals surface area contributed by atoms with Gasteiger partial charge >= 0.3 is 18.4 Å². The fourth-order valence-corrected chi connectivity index (χ4v) is 2.11. The Kier molecular flexibility index (Phi) is 3.14. The Balaban J connectivity index is 2.23. The van der Waals surface area contributed by atoms with Gasteiger partial charge in [0.25, 0.3) is 0 Å². The van der Waals surface area contributed by atoms with Crippen LogP contribution in [-0.4, -0.2) is 58.0 Å². The van der Waals surface area contributed by atoms with Crippen molar-refractivity contribution in [3.63, 3.8) is 0 Å². The van der Waals surface area contributed by atoms with E-state index in [1.807, 2.05) is 0 Å². The van der Waals surface area contributed by atoms with Gasteiger partial charge in [0.05, 0.1) is 6.54 Å². The number of halogens is 1. The molecule has 2 aliphatic heterocycles. The number of amides is 3. The van der Waals surface area contributed by atoms with E-state index in [2.05, 4.69) is 4.84 Å². The molecule has 0 aromatic carbocycles. The van der Waals surface area contributed by atoms with Gasteiger partial charge in [0.1, 0.15) is 12.1 Å². The van der Waals surface area contributed by atoms with Crippen LogP contribution in [0.1, 0.15) is 6.92 Å². The number of urea groups is 1. The summed E-state index contributed by atoms with van der Waals surface area (Å²) in [7, 11) is 0. The van der Waals surface area contributed by atoms with Crippen LogP contribution in [-0.2, 0) is 14.4 Å². The van der Waals surface area contributed by atoms with Crippen molar-refractivity contribution in [2.75, 3.05) is 6.54 Å². The maximum absolute atomic E-state index is 13.0. The van der Waals surface area contributed by atoms with Crippen LogP contribution in [0.3, 0.4) is 0 Å². The lowest BCUT2D eigenvalue weighted by Gasteiger charge is -2.26. The zero-order chi connectivity index (χ0) is 14.3. The number of hydrogen-bond donors (Lipinski definition) is 2. The summed E-state index contributed by atoms with van der Waals surface area (Å²) in [5.74, 6) is -2.56. The molecule has 2 rings (SSSR count). The second-order valence-electron chi connectivity index (χ2n) is 4.29. The number of carbonyl (C=O) groups excluding carboxylic acids is 2. The Morgan fingerprint density at radius 3 is 2.79 bits per heavy atom. The summed E-state index contributed by atoms with van der Waals surface area (Å²) in [6.45, 7) is 1.72. The van der Waals surface area contributed by atoms with Crippen LogP contribution in [0.4, 0.5) is 9.18 Å². The number of rotatable bonds is 4. The van der Waals surface area contributed by atoms with Crippen LogP contribution < -0.4 is 5.73 Å². The maximum Gasteiger partial charge on any atom is 0.368 e. The van der Waals surface area contributed by atoms with E-state index in [9.17, 15) is 18.8 Å². The predicted molar refractivity (Wildman–Crippen MR) is 58.1 cm³/mol. The molecule has 19 heavy (non-hydrogen) atoms. The molecule has 9 heteroatoms. The number of carbonyl (C=O) groups is 3. The molecule has 3 amide bonds. The summed E-state index contributed by atoms with van der Waals surface area (Å²) in [5.41, 5.74) is 5.75. The molecule has 0 unspecified atom stereocenters. The van der Waals surface area contributed by atoms with Crippen molar-refractivity contribution in [1.29, 1.82) is 0 Å². The quantitative estimate of drug-likeness (QED) is 0.652. The minimum atomic E-state index is -2.65. The lowest BCUT2D eigenvalue weighted by Crippen LogP contribution is -2.46. The van der Waals surface area contributed by atoms with Gasteiger partial charge in [-0.15, -0.1) is 0 Å². The van der Waals surface area contributed by atoms with Crippen molar-refractivity contribution < 1.29 is 28.7 Å². The van der Waals surface area contributed by atoms with Crippen LogP contribution in [0, 0.1) is 0 Å². The van der Waals surface area contributed by atoms with Crippen molar-refractivity contribution in [3.8, 4) is 0 Å². The van der Waals surface area contributed by atoms with Gasteiger partial charge < -0.3 is 15.7 Å². The lowest BCUT2D eigenvalue weighted by molar-refractivity contribution is -0.220. The van der Waals surface area contributed by atoms with Gasteiger partial charge in [-0.25, -0.2) is 18.8 Å². The Morgan fingerprint density at radius 2 is 2.26 bits per heavy atom. The summed E-state index contributed by atoms with van der Waals surface area (Å²) in [5, 5.41) is 9.07. The first-order valence-corrected chi connectivity index (χ1v) is 5.44. The van der Waals surface area contributed by atoms with Crippen molar-refractivity contribution in [2.45, 2.75) is 25.4 Å². The number of aliphatic carboxylic acids is 1. The van der Waals surface area contributed by atoms with Gasteiger partial charge in [-0.1, -0.05) is 6.08 Å². The third kappa shape index (κ3) is 2.12. The Bertz CT molecular complexity index is 480. The highest BCUT2D eigenvalue weighted by atomic mass is 19.1. The number of hydroxylamine groups is 2. The molecule has 0 radical (unpaired) electrons. The molecule has 2 aliphatic rings. The standard InChI is InChI=1S/C10H12FN3O5/c1-4-2-5(8(12)15)13-3-6(4)14(10(13)18)19-7(11)9(16)17/h2,5-7H,3H2,1H3,(H2,12,15)(H,16,17)/t5-,6+,7+/m0/s1. The predicted octanol–water partition coefficient (Wildman–Crippen LogP) is -0.782. The largest absolute Gasteiger partial charge is 0.477 e. The number of primary amides is 1. The number of alkyl halides is 1. The third-order valence-electron chi connectivity index (χ3n) is 3.06. The molecule has 2 heterocycles. The van der Waals surface area contributed by atoms with Gasteiger partial charge in [0.2, 0.25) is 5.91 Å². The Morgan fingerprint density at radius 1 is 1.63 bits per heavy atom. The summed E-state index contributed by atoms with van der Waals surface area (Å²) >= 11 is 0. The normalized spacial score (nSPS) is 27.3. The molecule has 0 aromatic heterocycles. The lowest BCUT2D eigenvalue weighted by atomic mass is 10.0. The summed E-state index contributed by atoms with van der Waals surface area (Å²) < 4.78 is 13.0. The van der Waals surface area contributed by atoms with Gasteiger partial charge in [0, 0.05) is 0 Å². The zero-order valence-corrected chi connectivity index (χ0v) is 9.95. The highest BCUT2D eigenvalue weighted by Crippen LogP contribution is 2.30. The summed E-state index contributed by atoms with van der Waals surface area (Å²) in [6, 6.07) is -2.34. The first kappa shape index (κ1) is 13.3. The second-order valence-corrected chi connectivity index (χ2v) is 4.29. The van der Waals surface area contributed by atoms with E-state index in [1.54, 1.807) is 6.92 Å². The van der Waals surface area contributed by atoms with Crippen LogP contribution >= 0.6 is 0 Å². The van der Waals surface area contributed by atoms with Crippen LogP contribution in [0.5, 0.6) is 0 Å². The Labute approximate surface area is 107 Å². The zero-order valence-electron chi connectivity index (χ0n) is 9.95. The van der Waals surface area contributed by atoms with Crippen molar-refractivity contribution >= 4 is 17.9 Å². The van der Waals surface area contributed by atoms with E-state index in [-0.39, 0.29) is 6.54 Å². The van der Waals surface area contributed by atoms with Crippen LogP contribution in [0.25, 0.3) is 0 Å². The molecule has 0 saturated carbocycles. The molecule has 104 valence electrons. The first-order valence-electron chi connectivity index (χ1n) is 5.44. The molecule has 1 fully saturated rings. The monoisotopic (exact) mass is 273 g/mol. The molecule has 2 bridgehead atoms. The molecular weight excluding hydrogens is 261 g/mol. The van der Waals surface area contributed by atoms with E-state index in [4.69, 9.17) is 10.8 Å². The van der Waals surface area contributed by atoms with Gasteiger partial charge in [0.15, 0.2) is 0 Å². The highest BCUT2D eigenvalue weighted by Gasteiger charge is 2.48. The molecular formula is C10H12FN3O5. The van der Waals surface area contributed by atoms with E-state index in [0.717, 1.165) is 4.90 Å². The number of nitrogens with two attached hydrogens (primary N) is 1. The molecule has 8 nitrogen and oxygen atoms in total. The van der Waals surface area contributed by atoms with E-state index in [0.29, 0.717) is 10.6 Å². The number of fused-ring (bicyclic) bond motifs is 2. The molecule has 1 saturated heterocycles. The first-order chi connectivity index (χ1) is 8.82. The SMILES string of the molecule is CC1=C[C@@H](C(N)=O)N2C[C@H]1N(O[C@@H](F)C(=O)O)C2=O. The van der Waals surface area contributed by atoms with Gasteiger partial charge in [-0.05, 0) is 12.5 Å². The molecule has 0 aliphatic carbocycles. The Hall–Kier alpha value is -2.16. The maximum atomic E-state index is 13.0. The topological polar surface area (TPSA) is 113 Å². The average molecular weight is 273 g/mol. The summed E-state index contributed by atoms with van der Waals surface area (Å²) in [6.07, 6.45) is -1.17. The molecule has 3 N–H and O–H groups in total. The van der Waals surface area contributed by atoms with Crippen molar-refractivity contribution in [3.05, 3.63) is 11.6 Å². The highest BCUT2D eigenvalue weighted by molar-refractivity contribution is 5.90. The number of carboxylic acid groups (broad SMARTS) is 1. The molecule has 3 atom stereocenters. The van der Waals surface area contributed by atoms with E-state index < -0.39 is 36.3 Å².